The molecule has 0 atom stereocenters. The lowest BCUT2D eigenvalue weighted by Gasteiger charge is -2.18. The molecule has 1 saturated heterocycles. The van der Waals surface area contributed by atoms with Crippen molar-refractivity contribution in [2.24, 2.45) is 0 Å². The predicted octanol–water partition coefficient (Wildman–Crippen LogP) is 6.41. The van der Waals surface area contributed by atoms with Crippen LogP contribution in [0.1, 0.15) is 23.2 Å². The van der Waals surface area contributed by atoms with Crippen molar-refractivity contribution in [3.8, 4) is 11.5 Å². The summed E-state index contributed by atoms with van der Waals surface area (Å²) >= 11 is 0. The van der Waals surface area contributed by atoms with Crippen molar-refractivity contribution in [1.82, 2.24) is 4.98 Å². The zero-order valence-electron chi connectivity index (χ0n) is 19.3. The van der Waals surface area contributed by atoms with Crippen LogP contribution in [0.15, 0.2) is 83.3 Å². The number of nitrogens with zero attached hydrogens (tertiary/aromatic N) is 3. The summed E-state index contributed by atoms with van der Waals surface area (Å²) in [5, 5.41) is 16.7. The van der Waals surface area contributed by atoms with Crippen molar-refractivity contribution in [1.29, 1.82) is 0 Å². The number of nitro groups is 1. The second-order valence-electron chi connectivity index (χ2n) is 8.81. The number of rotatable bonds is 5. The van der Waals surface area contributed by atoms with Crippen LogP contribution in [0.5, 0.6) is 0 Å². The topological polar surface area (TPSA) is 102 Å². The summed E-state index contributed by atoms with van der Waals surface area (Å²) in [5.74, 6) is -0.0623. The van der Waals surface area contributed by atoms with Gasteiger partial charge in [0.25, 0.3) is 11.6 Å². The van der Waals surface area contributed by atoms with Gasteiger partial charge in [0.15, 0.2) is 5.58 Å². The number of aromatic nitrogens is 1. The van der Waals surface area contributed by atoms with E-state index in [2.05, 4.69) is 5.32 Å². The second kappa shape index (κ2) is 8.81. The van der Waals surface area contributed by atoms with E-state index >= 15 is 0 Å². The first-order chi connectivity index (χ1) is 17.6. The summed E-state index contributed by atoms with van der Waals surface area (Å²) in [6.07, 6.45) is 2.00. The predicted molar refractivity (Wildman–Crippen MR) is 139 cm³/mol. The van der Waals surface area contributed by atoms with Crippen LogP contribution in [-0.4, -0.2) is 28.9 Å². The molecule has 1 aromatic heterocycles. The van der Waals surface area contributed by atoms with E-state index < -0.39 is 10.8 Å². The van der Waals surface area contributed by atoms with Crippen LogP contribution in [0, 0.1) is 10.1 Å². The molecule has 2 heterocycles. The number of oxazole rings is 1. The Morgan fingerprint density at radius 3 is 2.58 bits per heavy atom. The summed E-state index contributed by atoms with van der Waals surface area (Å²) in [6.45, 7) is 1.55. The molecule has 0 bridgehead atoms. The minimum Gasteiger partial charge on any atom is -0.436 e. The summed E-state index contributed by atoms with van der Waals surface area (Å²) in [6, 6.07) is 23.7. The average molecular weight is 479 g/mol. The minimum atomic E-state index is -0.444. The Kier molecular flexibility index (Phi) is 5.33. The quantitative estimate of drug-likeness (QED) is 0.231. The van der Waals surface area contributed by atoms with Crippen molar-refractivity contribution in [2.45, 2.75) is 12.8 Å². The molecule has 0 spiro atoms. The van der Waals surface area contributed by atoms with E-state index in [0.717, 1.165) is 42.2 Å². The van der Waals surface area contributed by atoms with E-state index in [0.29, 0.717) is 28.4 Å². The molecular formula is C28H22N4O4. The first-order valence-corrected chi connectivity index (χ1v) is 11.8. The van der Waals surface area contributed by atoms with Crippen LogP contribution >= 0.6 is 0 Å². The Labute approximate surface area is 206 Å². The molecule has 4 aromatic carbocycles. The smallest absolute Gasteiger partial charge is 0.293 e. The number of hydrogen-bond donors (Lipinski definition) is 1. The highest BCUT2D eigenvalue weighted by molar-refractivity contribution is 6.07. The van der Waals surface area contributed by atoms with Crippen molar-refractivity contribution >= 4 is 44.8 Å². The Bertz CT molecular complexity index is 1640. The largest absolute Gasteiger partial charge is 0.436 e. The number of carbonyl (C=O) groups excluding carboxylic acids is 1. The van der Waals surface area contributed by atoms with Crippen LogP contribution < -0.4 is 10.2 Å². The van der Waals surface area contributed by atoms with Gasteiger partial charge in [0.05, 0.1) is 16.2 Å². The van der Waals surface area contributed by atoms with Gasteiger partial charge in [-0.15, -0.1) is 0 Å². The molecule has 36 heavy (non-hydrogen) atoms. The number of fused-ring (bicyclic) bond motifs is 3. The molecule has 0 unspecified atom stereocenters. The molecule has 178 valence electrons. The molecule has 1 amide bonds. The number of carbonyl (C=O) groups is 1. The number of hydrogen-bond acceptors (Lipinski definition) is 6. The highest BCUT2D eigenvalue weighted by atomic mass is 16.6. The summed E-state index contributed by atoms with van der Waals surface area (Å²) in [4.78, 5) is 31.2. The molecule has 1 fully saturated rings. The Morgan fingerprint density at radius 2 is 1.75 bits per heavy atom. The fourth-order valence-electron chi connectivity index (χ4n) is 4.79. The zero-order valence-corrected chi connectivity index (χ0v) is 19.3. The van der Waals surface area contributed by atoms with Crippen molar-refractivity contribution in [2.75, 3.05) is 23.3 Å². The third kappa shape index (κ3) is 3.82. The molecule has 1 aliphatic rings. The maximum absolute atomic E-state index is 13.2. The van der Waals surface area contributed by atoms with Gasteiger partial charge in [0.2, 0.25) is 5.89 Å². The lowest BCUT2D eigenvalue weighted by molar-refractivity contribution is -0.384. The van der Waals surface area contributed by atoms with E-state index in [1.807, 2.05) is 53.4 Å². The van der Waals surface area contributed by atoms with Crippen LogP contribution in [0.2, 0.25) is 0 Å². The number of nitro benzene ring substituents is 1. The first-order valence-electron chi connectivity index (χ1n) is 11.8. The zero-order chi connectivity index (χ0) is 24.6. The molecule has 1 N–H and O–H groups in total. The van der Waals surface area contributed by atoms with Gasteiger partial charge in [0, 0.05) is 30.1 Å². The van der Waals surface area contributed by atoms with Gasteiger partial charge in [-0.3, -0.25) is 14.9 Å². The lowest BCUT2D eigenvalue weighted by Crippen LogP contribution is -2.20. The lowest BCUT2D eigenvalue weighted by atomic mass is 10.1. The Hall–Kier alpha value is -4.72. The molecular weight excluding hydrogens is 456 g/mol. The Balaban J connectivity index is 1.34. The van der Waals surface area contributed by atoms with Crippen LogP contribution in [0.3, 0.4) is 0 Å². The summed E-state index contributed by atoms with van der Waals surface area (Å²) in [7, 11) is 0. The van der Waals surface area contributed by atoms with Gasteiger partial charge < -0.3 is 14.6 Å². The molecule has 8 heteroatoms. The van der Waals surface area contributed by atoms with Crippen molar-refractivity contribution < 1.29 is 14.1 Å². The SMILES string of the molecule is O=C(Nc1ccccc1-c1nc2c(ccc3ccccc32)o1)c1ccc(N2CCCC2)c([N+](=O)[O-])c1. The highest BCUT2D eigenvalue weighted by Crippen LogP contribution is 2.35. The van der Waals surface area contributed by atoms with E-state index in [1.54, 1.807) is 24.3 Å². The van der Waals surface area contributed by atoms with Crippen molar-refractivity contribution in [3.05, 3.63) is 94.5 Å². The number of benzene rings is 4. The molecule has 5 aromatic rings. The van der Waals surface area contributed by atoms with E-state index in [-0.39, 0.29) is 11.3 Å². The summed E-state index contributed by atoms with van der Waals surface area (Å²) < 4.78 is 6.06. The first kappa shape index (κ1) is 21.8. The fraction of sp³-hybridized carbons (Fsp3) is 0.143. The maximum Gasteiger partial charge on any atom is 0.293 e. The molecule has 0 saturated carbocycles. The molecule has 1 aliphatic heterocycles. The molecule has 0 aliphatic carbocycles. The van der Waals surface area contributed by atoms with Crippen LogP contribution in [-0.2, 0) is 0 Å². The molecule has 0 radical (unpaired) electrons. The third-order valence-electron chi connectivity index (χ3n) is 6.57. The van der Waals surface area contributed by atoms with Crippen LogP contribution in [0.4, 0.5) is 17.1 Å². The van der Waals surface area contributed by atoms with Crippen LogP contribution in [0.25, 0.3) is 33.3 Å². The van der Waals surface area contributed by atoms with Crippen molar-refractivity contribution in [3.63, 3.8) is 0 Å². The van der Waals surface area contributed by atoms with Gasteiger partial charge in [-0.25, -0.2) is 4.98 Å². The number of amides is 1. The minimum absolute atomic E-state index is 0.0661. The monoisotopic (exact) mass is 478 g/mol. The normalized spacial score (nSPS) is 13.4. The number of anilines is 2. The second-order valence-corrected chi connectivity index (χ2v) is 8.81. The van der Waals surface area contributed by atoms with Gasteiger partial charge >= 0.3 is 0 Å². The van der Waals surface area contributed by atoms with E-state index in [9.17, 15) is 14.9 Å². The average Bonchev–Trinajstić information content (AvgIpc) is 3.59. The summed E-state index contributed by atoms with van der Waals surface area (Å²) in [5.41, 5.74) is 3.22. The third-order valence-corrected chi connectivity index (χ3v) is 6.57. The van der Waals surface area contributed by atoms with Gasteiger partial charge in [-0.05, 0) is 48.6 Å². The fourth-order valence-corrected chi connectivity index (χ4v) is 4.79. The van der Waals surface area contributed by atoms with E-state index in [1.165, 1.54) is 6.07 Å². The molecule has 6 rings (SSSR count). The maximum atomic E-state index is 13.2. The Morgan fingerprint density at radius 1 is 0.972 bits per heavy atom. The van der Waals surface area contributed by atoms with Gasteiger partial charge in [0.1, 0.15) is 11.2 Å². The highest BCUT2D eigenvalue weighted by Gasteiger charge is 2.24. The van der Waals surface area contributed by atoms with E-state index in [4.69, 9.17) is 9.40 Å². The number of nitrogens with one attached hydrogen (secondary N) is 1. The van der Waals surface area contributed by atoms with Gasteiger partial charge in [-0.1, -0.05) is 42.5 Å². The van der Waals surface area contributed by atoms with Gasteiger partial charge in [-0.2, -0.15) is 0 Å². The number of para-hydroxylation sites is 1. The standard InChI is InChI=1S/C28H22N4O4/c33-27(19-11-13-23(24(17-19)32(34)35)31-15-5-6-16-31)29-22-10-4-3-9-21(22)28-30-26-20-8-2-1-7-18(20)12-14-25(26)36-28/h1-4,7-14,17H,5-6,15-16H2,(H,29,33). The molecule has 8 nitrogen and oxygen atoms in total.